The molecule has 21 heavy (non-hydrogen) atoms. The van der Waals surface area contributed by atoms with Crippen LogP contribution in [0.2, 0.25) is 5.15 Å². The summed E-state index contributed by atoms with van der Waals surface area (Å²) < 4.78 is 7.24. The number of aromatic nitrogens is 4. The standard InChI is InChI=1S/C13H19ClN6O/c1-9-16-13(21-17-9)10-7-20(5-4-18(10)2)8-12-15-6-11(14)19(12)3/h6,10H,4-5,7-8H2,1-3H3/t10-/m0/s1. The summed E-state index contributed by atoms with van der Waals surface area (Å²) in [7, 11) is 4.01. The smallest absolute Gasteiger partial charge is 0.245 e. The summed E-state index contributed by atoms with van der Waals surface area (Å²) in [4.78, 5) is 13.3. The van der Waals surface area contributed by atoms with E-state index >= 15 is 0 Å². The van der Waals surface area contributed by atoms with E-state index in [0.717, 1.165) is 32.0 Å². The fraction of sp³-hybridized carbons (Fsp3) is 0.615. The van der Waals surface area contributed by atoms with Crippen LogP contribution in [0.4, 0.5) is 0 Å². The second-order valence-electron chi connectivity index (χ2n) is 5.47. The third kappa shape index (κ3) is 2.95. The number of halogens is 1. The first-order chi connectivity index (χ1) is 10.0. The Kier molecular flexibility index (Phi) is 3.97. The van der Waals surface area contributed by atoms with E-state index in [1.54, 1.807) is 6.20 Å². The van der Waals surface area contributed by atoms with Gasteiger partial charge in [-0.25, -0.2) is 4.98 Å². The highest BCUT2D eigenvalue weighted by Gasteiger charge is 2.30. The molecule has 3 rings (SSSR count). The highest BCUT2D eigenvalue weighted by Crippen LogP contribution is 2.23. The van der Waals surface area contributed by atoms with Crippen molar-refractivity contribution in [2.24, 2.45) is 7.05 Å². The Morgan fingerprint density at radius 2 is 2.19 bits per heavy atom. The average molecular weight is 311 g/mol. The number of rotatable bonds is 3. The highest BCUT2D eigenvalue weighted by atomic mass is 35.5. The van der Waals surface area contributed by atoms with Crippen molar-refractivity contribution in [3.05, 3.63) is 28.9 Å². The van der Waals surface area contributed by atoms with Gasteiger partial charge in [-0.1, -0.05) is 16.8 Å². The SMILES string of the molecule is Cc1noc([C@@H]2CN(Cc3ncc(Cl)n3C)CCN2C)n1. The zero-order chi connectivity index (χ0) is 15.0. The number of imidazole rings is 1. The maximum Gasteiger partial charge on any atom is 0.245 e. The van der Waals surface area contributed by atoms with Crippen LogP contribution in [0, 0.1) is 6.92 Å². The van der Waals surface area contributed by atoms with Gasteiger partial charge < -0.3 is 9.09 Å². The molecule has 0 bridgehead atoms. The van der Waals surface area contributed by atoms with Crippen molar-refractivity contribution in [1.82, 2.24) is 29.5 Å². The van der Waals surface area contributed by atoms with Gasteiger partial charge in [-0.2, -0.15) is 4.98 Å². The molecule has 0 radical (unpaired) electrons. The predicted molar refractivity (Wildman–Crippen MR) is 77.9 cm³/mol. The number of likely N-dealkylation sites (N-methyl/N-ethyl adjacent to an activating group) is 1. The minimum Gasteiger partial charge on any atom is -0.338 e. The molecule has 2 aromatic rings. The third-order valence-electron chi connectivity index (χ3n) is 3.95. The van der Waals surface area contributed by atoms with Crippen molar-refractivity contribution < 1.29 is 4.52 Å². The molecule has 1 aliphatic rings. The summed E-state index contributed by atoms with van der Waals surface area (Å²) in [6.45, 7) is 5.36. The van der Waals surface area contributed by atoms with E-state index in [-0.39, 0.29) is 6.04 Å². The Balaban J connectivity index is 1.72. The minimum absolute atomic E-state index is 0.121. The number of nitrogens with zero attached hydrogens (tertiary/aromatic N) is 6. The molecule has 8 heteroatoms. The van der Waals surface area contributed by atoms with Crippen molar-refractivity contribution in [3.8, 4) is 0 Å². The van der Waals surface area contributed by atoms with Crippen LogP contribution in [0.25, 0.3) is 0 Å². The minimum atomic E-state index is 0.121. The van der Waals surface area contributed by atoms with Crippen LogP contribution in [-0.2, 0) is 13.6 Å². The van der Waals surface area contributed by atoms with E-state index in [2.05, 4.69) is 32.0 Å². The normalized spacial score (nSPS) is 21.0. The van der Waals surface area contributed by atoms with E-state index in [1.165, 1.54) is 0 Å². The fourth-order valence-corrected chi connectivity index (χ4v) is 2.71. The summed E-state index contributed by atoms with van der Waals surface area (Å²) in [6.07, 6.45) is 1.69. The molecule has 0 saturated carbocycles. The lowest BCUT2D eigenvalue weighted by Crippen LogP contribution is -2.46. The number of aryl methyl sites for hydroxylation is 1. The molecule has 1 aliphatic heterocycles. The predicted octanol–water partition coefficient (Wildman–Crippen LogP) is 1.25. The van der Waals surface area contributed by atoms with Gasteiger partial charge in [0, 0.05) is 26.7 Å². The molecule has 1 fully saturated rings. The molecule has 3 heterocycles. The largest absolute Gasteiger partial charge is 0.338 e. The van der Waals surface area contributed by atoms with E-state index in [4.69, 9.17) is 16.1 Å². The summed E-state index contributed by atoms with van der Waals surface area (Å²) in [6, 6.07) is 0.121. The molecule has 1 saturated heterocycles. The first-order valence-electron chi connectivity index (χ1n) is 6.93. The van der Waals surface area contributed by atoms with Crippen molar-refractivity contribution in [2.45, 2.75) is 19.5 Å². The maximum atomic E-state index is 6.04. The summed E-state index contributed by atoms with van der Waals surface area (Å²) in [5, 5.41) is 4.54. The lowest BCUT2D eigenvalue weighted by molar-refractivity contribution is 0.0694. The number of piperazine rings is 1. The molecule has 0 spiro atoms. The molecule has 1 atom stereocenters. The Hall–Kier alpha value is -1.44. The van der Waals surface area contributed by atoms with Gasteiger partial charge in [-0.15, -0.1) is 0 Å². The van der Waals surface area contributed by atoms with E-state index in [1.807, 2.05) is 18.5 Å². The molecular weight excluding hydrogens is 292 g/mol. The van der Waals surface area contributed by atoms with Gasteiger partial charge in [0.15, 0.2) is 5.82 Å². The van der Waals surface area contributed by atoms with Crippen LogP contribution < -0.4 is 0 Å². The molecular formula is C13H19ClN6O. The summed E-state index contributed by atoms with van der Waals surface area (Å²) in [5.74, 6) is 2.31. The quantitative estimate of drug-likeness (QED) is 0.850. The van der Waals surface area contributed by atoms with Gasteiger partial charge in [-0.05, 0) is 14.0 Å². The Bertz CT molecular complexity index is 624. The van der Waals surface area contributed by atoms with Gasteiger partial charge in [0.1, 0.15) is 17.0 Å². The first kappa shape index (κ1) is 14.5. The van der Waals surface area contributed by atoms with Crippen LogP contribution in [0.3, 0.4) is 0 Å². The zero-order valence-electron chi connectivity index (χ0n) is 12.5. The molecule has 0 aliphatic carbocycles. The second-order valence-corrected chi connectivity index (χ2v) is 5.85. The van der Waals surface area contributed by atoms with Crippen molar-refractivity contribution in [3.63, 3.8) is 0 Å². The average Bonchev–Trinajstić information content (AvgIpc) is 3.02. The monoisotopic (exact) mass is 310 g/mol. The van der Waals surface area contributed by atoms with Crippen LogP contribution in [-0.4, -0.2) is 56.2 Å². The maximum absolute atomic E-state index is 6.04. The lowest BCUT2D eigenvalue weighted by Gasteiger charge is -2.37. The zero-order valence-corrected chi connectivity index (χ0v) is 13.2. The molecule has 0 amide bonds. The second kappa shape index (κ2) is 5.75. The van der Waals surface area contributed by atoms with Crippen LogP contribution in [0.5, 0.6) is 0 Å². The molecule has 0 unspecified atom stereocenters. The van der Waals surface area contributed by atoms with Crippen molar-refractivity contribution >= 4 is 11.6 Å². The highest BCUT2D eigenvalue weighted by molar-refractivity contribution is 6.29. The Morgan fingerprint density at radius 1 is 1.38 bits per heavy atom. The topological polar surface area (TPSA) is 63.2 Å². The van der Waals surface area contributed by atoms with Gasteiger partial charge in [-0.3, -0.25) is 9.80 Å². The first-order valence-corrected chi connectivity index (χ1v) is 7.31. The molecule has 0 N–H and O–H groups in total. The number of hydrogen-bond donors (Lipinski definition) is 0. The molecule has 0 aromatic carbocycles. The fourth-order valence-electron chi connectivity index (χ4n) is 2.56. The number of hydrogen-bond acceptors (Lipinski definition) is 6. The van der Waals surface area contributed by atoms with Crippen LogP contribution in [0.15, 0.2) is 10.7 Å². The Morgan fingerprint density at radius 3 is 2.81 bits per heavy atom. The molecule has 2 aromatic heterocycles. The van der Waals surface area contributed by atoms with Crippen LogP contribution >= 0.6 is 11.6 Å². The van der Waals surface area contributed by atoms with E-state index < -0.39 is 0 Å². The molecule has 114 valence electrons. The third-order valence-corrected chi connectivity index (χ3v) is 4.30. The molecule has 7 nitrogen and oxygen atoms in total. The van der Waals surface area contributed by atoms with Gasteiger partial charge >= 0.3 is 0 Å². The van der Waals surface area contributed by atoms with Gasteiger partial charge in [0.25, 0.3) is 0 Å². The Labute approximate surface area is 128 Å². The lowest BCUT2D eigenvalue weighted by atomic mass is 10.1. The van der Waals surface area contributed by atoms with E-state index in [0.29, 0.717) is 16.9 Å². The van der Waals surface area contributed by atoms with E-state index in [9.17, 15) is 0 Å². The van der Waals surface area contributed by atoms with Crippen molar-refractivity contribution in [1.29, 1.82) is 0 Å². The van der Waals surface area contributed by atoms with Crippen molar-refractivity contribution in [2.75, 3.05) is 26.7 Å². The summed E-state index contributed by atoms with van der Waals surface area (Å²) in [5.41, 5.74) is 0. The van der Waals surface area contributed by atoms with Gasteiger partial charge in [0.2, 0.25) is 5.89 Å². The van der Waals surface area contributed by atoms with Gasteiger partial charge in [0.05, 0.1) is 12.7 Å². The van der Waals surface area contributed by atoms with Crippen LogP contribution in [0.1, 0.15) is 23.6 Å². The summed E-state index contributed by atoms with van der Waals surface area (Å²) >= 11 is 6.04.